The van der Waals surface area contributed by atoms with Crippen molar-refractivity contribution in [2.45, 2.75) is 55.3 Å². The second kappa shape index (κ2) is 11.1. The third-order valence-electron chi connectivity index (χ3n) is 6.99. The average molecular weight is 577 g/mol. The zero-order valence-electron chi connectivity index (χ0n) is 20.5. The Morgan fingerprint density at radius 2 is 1.90 bits per heavy atom. The van der Waals surface area contributed by atoms with E-state index in [1.807, 2.05) is 0 Å². The number of aromatic nitrogens is 6. The lowest BCUT2D eigenvalue weighted by atomic mass is 9.90. The molecular weight excluding hydrogens is 552 g/mol. The average Bonchev–Trinajstić information content (AvgIpc) is 3.57. The first-order valence-electron chi connectivity index (χ1n) is 12.0. The van der Waals surface area contributed by atoms with Crippen molar-refractivity contribution in [1.82, 2.24) is 30.0 Å². The third kappa shape index (κ3) is 5.26. The van der Waals surface area contributed by atoms with Gasteiger partial charge in [-0.05, 0) is 12.1 Å². The molecule has 0 unspecified atom stereocenters. The van der Waals surface area contributed by atoms with Crippen molar-refractivity contribution < 1.29 is 42.0 Å². The Morgan fingerprint density at radius 1 is 1.13 bits per heavy atom. The van der Waals surface area contributed by atoms with Crippen LogP contribution in [0.15, 0.2) is 24.5 Å². The highest BCUT2D eigenvalue weighted by Crippen LogP contribution is 2.37. The highest BCUT2D eigenvalue weighted by atomic mass is 35.5. The maximum absolute atomic E-state index is 14.5. The van der Waals surface area contributed by atoms with Crippen LogP contribution in [0.3, 0.4) is 0 Å². The third-order valence-corrected chi connectivity index (χ3v) is 7.28. The summed E-state index contributed by atoms with van der Waals surface area (Å²) >= 11 is 5.63. The first kappa shape index (κ1) is 27.9. The summed E-state index contributed by atoms with van der Waals surface area (Å²) < 4.78 is 76.2. The van der Waals surface area contributed by atoms with Gasteiger partial charge >= 0.3 is 0 Å². The number of hydrogen-bond donors (Lipinski definition) is 2. The van der Waals surface area contributed by atoms with Crippen molar-refractivity contribution in [3.63, 3.8) is 0 Å². The predicted molar refractivity (Wildman–Crippen MR) is 125 cm³/mol. The fourth-order valence-electron chi connectivity index (χ4n) is 4.93. The van der Waals surface area contributed by atoms with E-state index in [0.717, 1.165) is 4.68 Å². The fourth-order valence-corrected chi connectivity index (χ4v) is 5.07. The van der Waals surface area contributed by atoms with E-state index in [9.17, 15) is 27.8 Å². The molecule has 0 saturated carbocycles. The fraction of sp³-hybridized carbons (Fsp3) is 0.565. The van der Waals surface area contributed by atoms with Crippen molar-refractivity contribution in [1.29, 1.82) is 0 Å². The molecule has 2 aliphatic rings. The molecule has 39 heavy (non-hydrogen) atoms. The van der Waals surface area contributed by atoms with E-state index in [2.05, 4.69) is 20.6 Å². The predicted octanol–water partition coefficient (Wildman–Crippen LogP) is 1.98. The molecule has 0 spiro atoms. The lowest BCUT2D eigenvalue weighted by molar-refractivity contribution is -0.212. The zero-order valence-corrected chi connectivity index (χ0v) is 21.3. The number of aliphatic hydroxyl groups excluding tert-OH is 2. The molecule has 16 heteroatoms. The number of ether oxygens (including phenoxy) is 3. The van der Waals surface area contributed by atoms with Gasteiger partial charge in [0.1, 0.15) is 36.1 Å². The number of methoxy groups -OCH3 is 1. The molecule has 3 aromatic rings. The molecule has 1 aromatic carbocycles. The second-order valence-corrected chi connectivity index (χ2v) is 9.79. The Hall–Kier alpha value is -2.69. The number of rotatable bonds is 7. The largest absolute Gasteiger partial charge is 0.394 e. The molecular formula is C23H25ClF4N6O5. The van der Waals surface area contributed by atoms with Crippen molar-refractivity contribution in [3.8, 4) is 11.3 Å². The summed E-state index contributed by atoms with van der Waals surface area (Å²) in [4.78, 5) is 0. The van der Waals surface area contributed by atoms with Gasteiger partial charge in [0.2, 0.25) is 0 Å². The number of hydrogen-bond acceptors (Lipinski definition) is 9. The van der Waals surface area contributed by atoms with E-state index >= 15 is 0 Å². The van der Waals surface area contributed by atoms with Crippen LogP contribution in [0, 0.1) is 11.6 Å². The summed E-state index contributed by atoms with van der Waals surface area (Å²) in [6.45, 7) is -0.835. The van der Waals surface area contributed by atoms with Gasteiger partial charge in [-0.1, -0.05) is 22.0 Å². The van der Waals surface area contributed by atoms with Gasteiger partial charge in [-0.3, -0.25) is 0 Å². The minimum atomic E-state index is -3.02. The molecule has 2 fully saturated rings. The van der Waals surface area contributed by atoms with Crippen LogP contribution in [0.25, 0.3) is 11.3 Å². The summed E-state index contributed by atoms with van der Waals surface area (Å²) in [5.74, 6) is -5.47. The highest BCUT2D eigenvalue weighted by Gasteiger charge is 2.48. The van der Waals surface area contributed by atoms with Gasteiger partial charge in [0.25, 0.3) is 5.92 Å². The minimum absolute atomic E-state index is 0.0238. The van der Waals surface area contributed by atoms with Crippen LogP contribution in [0.1, 0.15) is 24.2 Å². The molecule has 11 nitrogen and oxygen atoms in total. The van der Waals surface area contributed by atoms with Crippen LogP contribution in [0.2, 0.25) is 5.02 Å². The van der Waals surface area contributed by atoms with Gasteiger partial charge in [-0.2, -0.15) is 0 Å². The molecule has 0 radical (unpaired) electrons. The summed E-state index contributed by atoms with van der Waals surface area (Å²) in [6.07, 6.45) is -1.93. The van der Waals surface area contributed by atoms with Crippen molar-refractivity contribution in [2.75, 3.05) is 26.9 Å². The highest BCUT2D eigenvalue weighted by molar-refractivity contribution is 6.30. The number of nitrogens with zero attached hydrogens (tertiary/aromatic N) is 6. The quantitative estimate of drug-likeness (QED) is 0.320. The van der Waals surface area contributed by atoms with Crippen molar-refractivity contribution in [3.05, 3.63) is 46.9 Å². The molecule has 0 aliphatic carbocycles. The molecule has 4 heterocycles. The maximum Gasteiger partial charge on any atom is 0.274 e. The van der Waals surface area contributed by atoms with E-state index in [0.29, 0.717) is 5.69 Å². The van der Waals surface area contributed by atoms with Gasteiger partial charge < -0.3 is 24.4 Å². The van der Waals surface area contributed by atoms with Crippen molar-refractivity contribution in [2.24, 2.45) is 0 Å². The minimum Gasteiger partial charge on any atom is -0.394 e. The van der Waals surface area contributed by atoms with Crippen LogP contribution >= 0.6 is 11.6 Å². The molecule has 2 aliphatic heterocycles. The van der Waals surface area contributed by atoms with Crippen LogP contribution in [0.4, 0.5) is 17.6 Å². The Labute approximate surface area is 224 Å². The Morgan fingerprint density at radius 3 is 2.62 bits per heavy atom. The van der Waals surface area contributed by atoms with Crippen molar-refractivity contribution >= 4 is 11.6 Å². The van der Waals surface area contributed by atoms with E-state index in [1.54, 1.807) is 0 Å². The van der Waals surface area contributed by atoms with Crippen LogP contribution in [-0.2, 0) is 20.6 Å². The first-order valence-corrected chi connectivity index (χ1v) is 12.4. The Balaban J connectivity index is 1.41. The van der Waals surface area contributed by atoms with Crippen LogP contribution in [-0.4, -0.2) is 97.5 Å². The maximum atomic E-state index is 14.5. The van der Waals surface area contributed by atoms with E-state index in [4.69, 9.17) is 25.8 Å². The lowest BCUT2D eigenvalue weighted by Gasteiger charge is -2.43. The smallest absolute Gasteiger partial charge is 0.274 e. The van der Waals surface area contributed by atoms with Crippen LogP contribution in [0.5, 0.6) is 0 Å². The molecule has 2 N–H and O–H groups in total. The first-order chi connectivity index (χ1) is 18.6. The molecule has 0 bridgehead atoms. The molecule has 6 atom stereocenters. The molecule has 2 aromatic heterocycles. The number of aliphatic hydroxyl groups is 2. The molecule has 2 saturated heterocycles. The monoisotopic (exact) mass is 576 g/mol. The number of halogens is 5. The normalized spacial score (nSPS) is 29.0. The number of alkyl halides is 2. The lowest BCUT2D eigenvalue weighted by Crippen LogP contribution is -2.57. The summed E-state index contributed by atoms with van der Waals surface area (Å²) in [7, 11) is 1.36. The van der Waals surface area contributed by atoms with Gasteiger partial charge in [0.15, 0.2) is 11.6 Å². The molecule has 212 valence electrons. The van der Waals surface area contributed by atoms with Crippen LogP contribution < -0.4 is 0 Å². The van der Waals surface area contributed by atoms with Gasteiger partial charge in [-0.15, -0.1) is 10.2 Å². The standard InChI is InChI=1S/C23H25ClF4N6O5/c1-37-22-15(6-11-7-33(31-29-11)17-10-38-5-4-23(17,27)28)39-16(9-35)21(36)20(22)34-8-14(30-32-34)12-2-3-13(24)19(26)18(12)25/h2-3,7-8,15-17,20-22,35-36H,4-6,9-10H2,1H3/t15-,16-,17-,20+,21+,22+/m1/s1. The Kier molecular flexibility index (Phi) is 7.90. The molecule has 0 amide bonds. The van der Waals surface area contributed by atoms with Gasteiger partial charge in [0.05, 0.1) is 42.8 Å². The Bertz CT molecular complexity index is 1310. The van der Waals surface area contributed by atoms with Gasteiger partial charge in [-0.25, -0.2) is 26.9 Å². The SMILES string of the molecule is CO[C@@H]1[C@@H](n2cc(-c3ccc(Cl)c(F)c3F)nn2)[C@@H](O)[C@@H](CO)O[C@@H]1Cc1cn([C@@H]2COCCC2(F)F)nn1. The second-order valence-electron chi connectivity index (χ2n) is 9.38. The zero-order chi connectivity index (χ0) is 27.9. The molecule has 5 rings (SSSR count). The number of benzene rings is 1. The topological polar surface area (TPSA) is 130 Å². The summed E-state index contributed by atoms with van der Waals surface area (Å²) in [6, 6.07) is 0.117. The van der Waals surface area contributed by atoms with E-state index < -0.39 is 72.1 Å². The summed E-state index contributed by atoms with van der Waals surface area (Å²) in [5, 5.41) is 36.2. The van der Waals surface area contributed by atoms with E-state index in [-0.39, 0.29) is 30.9 Å². The van der Waals surface area contributed by atoms with E-state index in [1.165, 1.54) is 36.3 Å². The van der Waals surface area contributed by atoms with Gasteiger partial charge in [0, 0.05) is 31.7 Å². The summed E-state index contributed by atoms with van der Waals surface area (Å²) in [5.41, 5.74) is 0.0644.